The van der Waals surface area contributed by atoms with Crippen LogP contribution in [0.2, 0.25) is 0 Å². The van der Waals surface area contributed by atoms with Crippen molar-refractivity contribution in [3.05, 3.63) is 81.1 Å². The summed E-state index contributed by atoms with van der Waals surface area (Å²) in [6.45, 7) is 0. The lowest BCUT2D eigenvalue weighted by atomic mass is 10.2. The molecule has 0 radical (unpaired) electrons. The highest BCUT2D eigenvalue weighted by molar-refractivity contribution is 7.13. The Morgan fingerprint density at radius 1 is 1.14 bits per heavy atom. The quantitative estimate of drug-likeness (QED) is 0.505. The molecule has 0 atom stereocenters. The molecule has 10 heteroatoms. The fraction of sp³-hybridized carbons (Fsp3) is 0.0556. The van der Waals surface area contributed by atoms with Crippen LogP contribution in [0.4, 0.5) is 10.1 Å². The third kappa shape index (κ3) is 4.74. The SMILES string of the molecule is O=C(Cc1csc(-c2ccc(F)cc2)n1)NNC(=O)c1cccc([N+](=O)[O-])c1. The summed E-state index contributed by atoms with van der Waals surface area (Å²) in [5.74, 6) is -1.53. The summed E-state index contributed by atoms with van der Waals surface area (Å²) in [6, 6.07) is 11.0. The largest absolute Gasteiger partial charge is 0.273 e. The van der Waals surface area contributed by atoms with Crippen LogP contribution in [0.25, 0.3) is 10.6 Å². The molecular formula is C18H13FN4O4S. The summed E-state index contributed by atoms with van der Waals surface area (Å²) in [4.78, 5) is 38.4. The number of nitro groups is 1. The number of carbonyl (C=O) groups excluding carboxylic acids is 2. The van der Waals surface area contributed by atoms with E-state index in [9.17, 15) is 24.1 Å². The molecule has 0 aliphatic heterocycles. The summed E-state index contributed by atoms with van der Waals surface area (Å²) in [5, 5.41) is 13.1. The Morgan fingerprint density at radius 2 is 1.89 bits per heavy atom. The van der Waals surface area contributed by atoms with Crippen LogP contribution in [-0.2, 0) is 11.2 Å². The van der Waals surface area contributed by atoms with E-state index in [4.69, 9.17) is 0 Å². The monoisotopic (exact) mass is 400 g/mol. The van der Waals surface area contributed by atoms with E-state index in [0.29, 0.717) is 10.7 Å². The van der Waals surface area contributed by atoms with E-state index < -0.39 is 16.7 Å². The number of halogens is 1. The Hall–Kier alpha value is -3.66. The van der Waals surface area contributed by atoms with Crippen molar-refractivity contribution in [1.29, 1.82) is 0 Å². The second kappa shape index (κ2) is 8.35. The average molecular weight is 400 g/mol. The molecule has 0 aliphatic rings. The van der Waals surface area contributed by atoms with E-state index in [0.717, 1.165) is 11.6 Å². The van der Waals surface area contributed by atoms with Crippen molar-refractivity contribution in [2.45, 2.75) is 6.42 Å². The van der Waals surface area contributed by atoms with Crippen molar-refractivity contribution in [3.63, 3.8) is 0 Å². The molecule has 2 amide bonds. The highest BCUT2D eigenvalue weighted by Gasteiger charge is 2.13. The molecule has 2 aromatic carbocycles. The topological polar surface area (TPSA) is 114 Å². The molecule has 1 aromatic heterocycles. The number of hydrogen-bond donors (Lipinski definition) is 2. The highest BCUT2D eigenvalue weighted by atomic mass is 32.1. The Bertz CT molecular complexity index is 1040. The highest BCUT2D eigenvalue weighted by Crippen LogP contribution is 2.24. The number of nitrogens with zero attached hydrogens (tertiary/aromatic N) is 2. The lowest BCUT2D eigenvalue weighted by Crippen LogP contribution is -2.42. The van der Waals surface area contributed by atoms with Crippen LogP contribution in [0.1, 0.15) is 16.1 Å². The fourth-order valence-corrected chi connectivity index (χ4v) is 3.11. The van der Waals surface area contributed by atoms with Gasteiger partial charge in [0, 0.05) is 28.6 Å². The van der Waals surface area contributed by atoms with Crippen LogP contribution in [0.15, 0.2) is 53.9 Å². The van der Waals surface area contributed by atoms with Crippen LogP contribution in [0.5, 0.6) is 0 Å². The molecule has 0 aliphatic carbocycles. The number of benzene rings is 2. The maximum absolute atomic E-state index is 13.0. The first kappa shape index (κ1) is 19.1. The van der Waals surface area contributed by atoms with E-state index in [1.54, 1.807) is 17.5 Å². The smallest absolute Gasteiger partial charge is 0.270 e. The van der Waals surface area contributed by atoms with Gasteiger partial charge in [-0.1, -0.05) is 6.07 Å². The van der Waals surface area contributed by atoms with Gasteiger partial charge in [-0.3, -0.25) is 30.6 Å². The minimum atomic E-state index is -0.678. The van der Waals surface area contributed by atoms with Crippen LogP contribution in [0, 0.1) is 15.9 Å². The third-order valence-electron chi connectivity index (χ3n) is 3.62. The summed E-state index contributed by atoms with van der Waals surface area (Å²) < 4.78 is 13.0. The van der Waals surface area contributed by atoms with E-state index in [1.165, 1.54) is 41.7 Å². The number of amides is 2. The van der Waals surface area contributed by atoms with Crippen molar-refractivity contribution < 1.29 is 18.9 Å². The van der Waals surface area contributed by atoms with Gasteiger partial charge < -0.3 is 0 Å². The van der Waals surface area contributed by atoms with Crippen molar-refractivity contribution in [2.75, 3.05) is 0 Å². The molecule has 0 bridgehead atoms. The fourth-order valence-electron chi connectivity index (χ4n) is 2.28. The summed E-state index contributed by atoms with van der Waals surface area (Å²) in [5.41, 5.74) is 5.49. The number of carbonyl (C=O) groups is 2. The molecule has 2 N–H and O–H groups in total. The molecule has 0 unspecified atom stereocenters. The molecular weight excluding hydrogens is 387 g/mol. The molecule has 28 heavy (non-hydrogen) atoms. The van der Waals surface area contributed by atoms with E-state index in [-0.39, 0.29) is 23.5 Å². The first-order valence-corrected chi connectivity index (χ1v) is 8.84. The van der Waals surface area contributed by atoms with Gasteiger partial charge in [-0.2, -0.15) is 0 Å². The second-order valence-corrected chi connectivity index (χ2v) is 6.50. The Kier molecular flexibility index (Phi) is 5.70. The van der Waals surface area contributed by atoms with Crippen molar-refractivity contribution in [1.82, 2.24) is 15.8 Å². The summed E-state index contributed by atoms with van der Waals surface area (Å²) in [7, 11) is 0. The lowest BCUT2D eigenvalue weighted by Gasteiger charge is -2.06. The minimum absolute atomic E-state index is 0.0433. The van der Waals surface area contributed by atoms with Gasteiger partial charge in [0.15, 0.2) is 0 Å². The van der Waals surface area contributed by atoms with Crippen LogP contribution in [0.3, 0.4) is 0 Å². The lowest BCUT2D eigenvalue weighted by molar-refractivity contribution is -0.384. The molecule has 8 nitrogen and oxygen atoms in total. The maximum atomic E-state index is 13.0. The van der Waals surface area contributed by atoms with Crippen molar-refractivity contribution in [3.8, 4) is 10.6 Å². The van der Waals surface area contributed by atoms with E-state index in [2.05, 4.69) is 15.8 Å². The van der Waals surface area contributed by atoms with Crippen molar-refractivity contribution in [2.24, 2.45) is 0 Å². The van der Waals surface area contributed by atoms with Gasteiger partial charge in [0.05, 0.1) is 17.0 Å². The molecule has 1 heterocycles. The zero-order valence-electron chi connectivity index (χ0n) is 14.2. The predicted octanol–water partition coefficient (Wildman–Crippen LogP) is 2.86. The first-order valence-electron chi connectivity index (χ1n) is 7.96. The molecule has 3 rings (SSSR count). The molecule has 0 saturated carbocycles. The van der Waals surface area contributed by atoms with Gasteiger partial charge in [0.2, 0.25) is 5.91 Å². The molecule has 0 spiro atoms. The van der Waals surface area contributed by atoms with Gasteiger partial charge in [0.1, 0.15) is 10.8 Å². The van der Waals surface area contributed by atoms with E-state index in [1.807, 2.05) is 0 Å². The van der Waals surface area contributed by atoms with Gasteiger partial charge in [-0.25, -0.2) is 9.37 Å². The zero-order chi connectivity index (χ0) is 20.1. The van der Waals surface area contributed by atoms with Gasteiger partial charge in [-0.05, 0) is 30.3 Å². The number of nitro benzene ring substituents is 1. The Balaban J connectivity index is 1.56. The van der Waals surface area contributed by atoms with Crippen molar-refractivity contribution >= 4 is 28.8 Å². The number of hydrazine groups is 1. The molecule has 3 aromatic rings. The minimum Gasteiger partial charge on any atom is -0.273 e. The number of thiazole rings is 1. The molecule has 0 saturated heterocycles. The van der Waals surface area contributed by atoms with E-state index >= 15 is 0 Å². The third-order valence-corrected chi connectivity index (χ3v) is 4.56. The van der Waals surface area contributed by atoms with Crippen LogP contribution >= 0.6 is 11.3 Å². The van der Waals surface area contributed by atoms with Gasteiger partial charge in [0.25, 0.3) is 11.6 Å². The Morgan fingerprint density at radius 3 is 2.61 bits per heavy atom. The predicted molar refractivity (Wildman–Crippen MR) is 99.9 cm³/mol. The molecule has 0 fully saturated rings. The maximum Gasteiger partial charge on any atom is 0.270 e. The zero-order valence-corrected chi connectivity index (χ0v) is 15.0. The number of non-ortho nitro benzene ring substituents is 1. The Labute approximate surface area is 162 Å². The normalized spacial score (nSPS) is 10.3. The standard InChI is InChI=1S/C18H13FN4O4S/c19-13-6-4-11(5-7-13)18-20-14(10-28-18)9-16(24)21-22-17(25)12-2-1-3-15(8-12)23(26)27/h1-8,10H,9H2,(H,21,24)(H,22,25). The average Bonchev–Trinajstić information content (AvgIpc) is 3.15. The molecule has 142 valence electrons. The van der Waals surface area contributed by atoms with Gasteiger partial charge in [-0.15, -0.1) is 11.3 Å². The first-order chi connectivity index (χ1) is 13.4. The summed E-state index contributed by atoms with van der Waals surface area (Å²) >= 11 is 1.31. The summed E-state index contributed by atoms with van der Waals surface area (Å²) in [6.07, 6.45) is -0.0765. The number of nitrogens with one attached hydrogen (secondary N) is 2. The number of rotatable bonds is 5. The second-order valence-electron chi connectivity index (χ2n) is 5.64. The number of aromatic nitrogens is 1. The van der Waals surface area contributed by atoms with Gasteiger partial charge >= 0.3 is 0 Å². The van der Waals surface area contributed by atoms with Crippen LogP contribution < -0.4 is 10.9 Å². The number of hydrogen-bond acceptors (Lipinski definition) is 6. The van der Waals surface area contributed by atoms with Crippen LogP contribution in [-0.4, -0.2) is 21.7 Å².